The van der Waals surface area contributed by atoms with Crippen molar-refractivity contribution >= 4 is 34.0 Å². The van der Waals surface area contributed by atoms with Crippen LogP contribution in [0.5, 0.6) is 0 Å². The Morgan fingerprint density at radius 1 is 1.12 bits per heavy atom. The van der Waals surface area contributed by atoms with E-state index in [0.29, 0.717) is 35.0 Å². The monoisotopic (exact) mass is 478 g/mol. The zero-order chi connectivity index (χ0) is 23.8. The van der Waals surface area contributed by atoms with Gasteiger partial charge in [0.15, 0.2) is 0 Å². The van der Waals surface area contributed by atoms with E-state index in [1.807, 2.05) is 47.2 Å². The lowest BCUT2D eigenvalue weighted by Crippen LogP contribution is -2.41. The van der Waals surface area contributed by atoms with E-state index in [9.17, 15) is 9.59 Å². The molecule has 1 aromatic carbocycles. The molecule has 34 heavy (non-hydrogen) atoms. The first-order chi connectivity index (χ1) is 16.4. The van der Waals surface area contributed by atoms with Crippen molar-refractivity contribution in [1.29, 1.82) is 0 Å². The van der Waals surface area contributed by atoms with Crippen LogP contribution in [0.15, 0.2) is 64.4 Å². The lowest BCUT2D eigenvalue weighted by Gasteiger charge is -2.21. The average molecular weight is 479 g/mol. The molecule has 1 saturated heterocycles. The number of aromatic nitrogens is 4. The fraction of sp³-hybridized carbons (Fsp3) is 0.320. The number of anilines is 2. The molecule has 0 radical (unpaired) electrons. The van der Waals surface area contributed by atoms with E-state index in [2.05, 4.69) is 22.2 Å². The summed E-state index contributed by atoms with van der Waals surface area (Å²) >= 11 is 5.97. The van der Waals surface area contributed by atoms with Gasteiger partial charge in [-0.15, -0.1) is 0 Å². The molecule has 1 aliphatic heterocycles. The van der Waals surface area contributed by atoms with Gasteiger partial charge in [-0.1, -0.05) is 35.9 Å². The van der Waals surface area contributed by atoms with Crippen LogP contribution in [0, 0.1) is 0 Å². The van der Waals surface area contributed by atoms with Crippen LogP contribution in [0.1, 0.15) is 18.4 Å². The Balaban J connectivity index is 1.70. The second-order valence-corrected chi connectivity index (χ2v) is 9.27. The molecule has 5 rings (SSSR count). The maximum atomic E-state index is 13.4. The minimum absolute atomic E-state index is 0.257. The van der Waals surface area contributed by atoms with Gasteiger partial charge in [0.05, 0.1) is 12.1 Å². The number of fused-ring (bicyclic) bond motifs is 1. The SMILES string of the molecule is CN1CCCC1Cn1c(=O)n(C)c(=O)c2c(Nc3ccccc3)n(Cc3ccc(Cl)nc3)cc21. The van der Waals surface area contributed by atoms with E-state index in [-0.39, 0.29) is 17.3 Å². The van der Waals surface area contributed by atoms with Gasteiger partial charge in [-0.2, -0.15) is 0 Å². The molecule has 176 valence electrons. The fourth-order valence-corrected chi connectivity index (χ4v) is 4.82. The minimum atomic E-state index is -0.317. The molecule has 0 aliphatic carbocycles. The molecule has 0 spiro atoms. The first-order valence-corrected chi connectivity index (χ1v) is 11.8. The molecule has 1 fully saturated rings. The summed E-state index contributed by atoms with van der Waals surface area (Å²) in [5.41, 5.74) is 1.81. The van der Waals surface area contributed by atoms with Gasteiger partial charge in [-0.05, 0) is 50.2 Å². The number of likely N-dealkylation sites (tertiary alicyclic amines) is 1. The molecule has 0 amide bonds. The van der Waals surface area contributed by atoms with Crippen LogP contribution in [0.25, 0.3) is 10.9 Å². The molecule has 1 aliphatic rings. The third kappa shape index (κ3) is 4.15. The molecule has 4 heterocycles. The maximum Gasteiger partial charge on any atom is 0.331 e. The summed E-state index contributed by atoms with van der Waals surface area (Å²) < 4.78 is 4.93. The number of benzene rings is 1. The van der Waals surface area contributed by atoms with Crippen LogP contribution < -0.4 is 16.6 Å². The van der Waals surface area contributed by atoms with E-state index in [4.69, 9.17) is 11.6 Å². The van der Waals surface area contributed by atoms with Crippen molar-refractivity contribution < 1.29 is 0 Å². The molecule has 4 aromatic rings. The molecule has 1 unspecified atom stereocenters. The Morgan fingerprint density at radius 2 is 1.91 bits per heavy atom. The third-order valence-corrected chi connectivity index (χ3v) is 6.85. The number of hydrogen-bond acceptors (Lipinski definition) is 5. The van der Waals surface area contributed by atoms with E-state index >= 15 is 0 Å². The van der Waals surface area contributed by atoms with Crippen LogP contribution in [0.2, 0.25) is 5.15 Å². The Morgan fingerprint density at radius 3 is 2.59 bits per heavy atom. The fourth-order valence-electron chi connectivity index (χ4n) is 4.71. The molecule has 3 aromatic heterocycles. The van der Waals surface area contributed by atoms with Gasteiger partial charge in [-0.3, -0.25) is 13.9 Å². The standard InChI is InChI=1S/C25H27ClN6O2/c1-29-12-6-9-19(29)15-32-20-16-31(14-17-10-11-21(26)27-13-17)23(28-18-7-4-3-5-8-18)22(20)24(33)30(2)25(32)34/h3-5,7-8,10-11,13,16,19,28H,6,9,12,14-15H2,1-2H3. The highest BCUT2D eigenvalue weighted by Gasteiger charge is 2.25. The third-order valence-electron chi connectivity index (χ3n) is 6.63. The van der Waals surface area contributed by atoms with Gasteiger partial charge in [-0.25, -0.2) is 9.78 Å². The maximum absolute atomic E-state index is 13.4. The molecular formula is C25H27ClN6O2. The Labute approximate surface area is 202 Å². The van der Waals surface area contributed by atoms with E-state index in [1.54, 1.807) is 23.9 Å². The van der Waals surface area contributed by atoms with Crippen LogP contribution in [-0.2, 0) is 20.1 Å². The van der Waals surface area contributed by atoms with Crippen LogP contribution >= 0.6 is 11.6 Å². The Kier molecular flexibility index (Phi) is 6.02. The number of likely N-dealkylation sites (N-methyl/N-ethyl adjacent to an activating group) is 1. The molecule has 1 atom stereocenters. The van der Waals surface area contributed by atoms with Crippen molar-refractivity contribution in [2.45, 2.75) is 32.0 Å². The largest absolute Gasteiger partial charge is 0.341 e. The highest BCUT2D eigenvalue weighted by molar-refractivity contribution is 6.29. The molecule has 9 heteroatoms. The van der Waals surface area contributed by atoms with E-state index in [1.165, 1.54) is 4.57 Å². The summed E-state index contributed by atoms with van der Waals surface area (Å²) in [5.74, 6) is 0.644. The highest BCUT2D eigenvalue weighted by atomic mass is 35.5. The summed E-state index contributed by atoms with van der Waals surface area (Å²) in [6.45, 7) is 2.02. The molecule has 1 N–H and O–H groups in total. The van der Waals surface area contributed by atoms with Crippen molar-refractivity contribution in [3.05, 3.63) is 86.4 Å². The van der Waals surface area contributed by atoms with Gasteiger partial charge in [0.25, 0.3) is 5.56 Å². The summed E-state index contributed by atoms with van der Waals surface area (Å²) in [7, 11) is 3.63. The first kappa shape index (κ1) is 22.4. The highest BCUT2D eigenvalue weighted by Crippen LogP contribution is 2.28. The number of hydrogen-bond donors (Lipinski definition) is 1. The predicted octanol–water partition coefficient (Wildman–Crippen LogP) is 3.44. The molecular weight excluding hydrogens is 452 g/mol. The number of rotatable bonds is 6. The second-order valence-electron chi connectivity index (χ2n) is 8.88. The van der Waals surface area contributed by atoms with Crippen LogP contribution in [-0.4, -0.2) is 43.2 Å². The summed E-state index contributed by atoms with van der Waals surface area (Å²) in [5, 5.41) is 4.34. The summed E-state index contributed by atoms with van der Waals surface area (Å²) in [6, 6.07) is 13.6. The van der Waals surface area contributed by atoms with Crippen LogP contribution in [0.4, 0.5) is 11.5 Å². The first-order valence-electron chi connectivity index (χ1n) is 11.4. The zero-order valence-corrected chi connectivity index (χ0v) is 20.0. The van der Waals surface area contributed by atoms with Crippen LogP contribution in [0.3, 0.4) is 0 Å². The smallest absolute Gasteiger partial charge is 0.331 e. The van der Waals surface area contributed by atoms with Crippen molar-refractivity contribution in [1.82, 2.24) is 23.6 Å². The van der Waals surface area contributed by atoms with Crippen molar-refractivity contribution in [2.75, 3.05) is 18.9 Å². The number of nitrogens with one attached hydrogen (secondary N) is 1. The average Bonchev–Trinajstić information content (AvgIpc) is 3.40. The molecule has 0 saturated carbocycles. The van der Waals surface area contributed by atoms with Gasteiger partial charge < -0.3 is 14.8 Å². The minimum Gasteiger partial charge on any atom is -0.341 e. The number of para-hydroxylation sites is 1. The lowest BCUT2D eigenvalue weighted by atomic mass is 10.2. The van der Waals surface area contributed by atoms with E-state index < -0.39 is 0 Å². The normalized spacial score (nSPS) is 16.4. The number of pyridine rings is 1. The van der Waals surface area contributed by atoms with Crippen molar-refractivity contribution in [3.8, 4) is 0 Å². The summed E-state index contributed by atoms with van der Waals surface area (Å²) in [6.07, 6.45) is 5.75. The van der Waals surface area contributed by atoms with Crippen molar-refractivity contribution in [3.63, 3.8) is 0 Å². The Bertz CT molecular complexity index is 1440. The van der Waals surface area contributed by atoms with Gasteiger partial charge in [0.2, 0.25) is 0 Å². The van der Waals surface area contributed by atoms with E-state index in [0.717, 1.165) is 30.6 Å². The molecule has 0 bridgehead atoms. The Hall–Kier alpha value is -3.36. The number of halogens is 1. The summed E-state index contributed by atoms with van der Waals surface area (Å²) in [4.78, 5) is 33.1. The zero-order valence-electron chi connectivity index (χ0n) is 19.2. The lowest BCUT2D eigenvalue weighted by molar-refractivity contribution is 0.280. The van der Waals surface area contributed by atoms with Crippen molar-refractivity contribution in [2.24, 2.45) is 7.05 Å². The topological polar surface area (TPSA) is 77.1 Å². The van der Waals surface area contributed by atoms with Gasteiger partial charge >= 0.3 is 5.69 Å². The van der Waals surface area contributed by atoms with Gasteiger partial charge in [0.1, 0.15) is 16.4 Å². The molecule has 8 nitrogen and oxygen atoms in total. The second kappa shape index (κ2) is 9.12. The number of nitrogens with zero attached hydrogens (tertiary/aromatic N) is 5. The predicted molar refractivity (Wildman–Crippen MR) is 135 cm³/mol. The van der Waals surface area contributed by atoms with Gasteiger partial charge in [0, 0.05) is 37.7 Å². The quantitative estimate of drug-likeness (QED) is 0.430.